The number of nitrogens with zero attached hydrogens (tertiary/aromatic N) is 2. The molecule has 1 atom stereocenters. The molecule has 1 saturated carbocycles. The summed E-state index contributed by atoms with van der Waals surface area (Å²) in [6.45, 7) is 2.67. The summed E-state index contributed by atoms with van der Waals surface area (Å²) in [4.78, 5) is 17.9. The topological polar surface area (TPSA) is 23.6 Å². The van der Waals surface area contributed by atoms with Crippen molar-refractivity contribution in [1.29, 1.82) is 0 Å². The first-order valence-electron chi connectivity index (χ1n) is 7.59. The Morgan fingerprint density at radius 3 is 2.65 bits per heavy atom. The van der Waals surface area contributed by atoms with Gasteiger partial charge in [-0.25, -0.2) is 0 Å². The Morgan fingerprint density at radius 1 is 1.35 bits per heavy atom. The van der Waals surface area contributed by atoms with Crippen LogP contribution in [0.15, 0.2) is 17.5 Å². The number of thiophene rings is 1. The third-order valence-electron chi connectivity index (χ3n) is 4.52. The second kappa shape index (κ2) is 7.23. The molecule has 0 spiro atoms. The Bertz CT molecular complexity index is 412. The maximum absolute atomic E-state index is 12.4. The Balaban J connectivity index is 1.86. The minimum atomic E-state index is 0.253. The third kappa shape index (κ3) is 3.83. The van der Waals surface area contributed by atoms with Crippen LogP contribution in [-0.4, -0.2) is 42.4 Å². The molecule has 0 N–H and O–H groups in total. The van der Waals surface area contributed by atoms with Crippen LogP contribution in [0.3, 0.4) is 0 Å². The molecule has 1 aromatic rings. The van der Waals surface area contributed by atoms with Gasteiger partial charge in [0.1, 0.15) is 0 Å². The van der Waals surface area contributed by atoms with Crippen LogP contribution in [0.4, 0.5) is 0 Å². The van der Waals surface area contributed by atoms with E-state index >= 15 is 0 Å². The van der Waals surface area contributed by atoms with Gasteiger partial charge >= 0.3 is 0 Å². The summed E-state index contributed by atoms with van der Waals surface area (Å²) < 4.78 is 0. The van der Waals surface area contributed by atoms with Crippen LogP contribution in [0, 0.1) is 0 Å². The molecule has 1 heterocycles. The Hall–Kier alpha value is -0.870. The summed E-state index contributed by atoms with van der Waals surface area (Å²) in [5.41, 5.74) is 0. The lowest BCUT2D eigenvalue weighted by Crippen LogP contribution is -2.43. The van der Waals surface area contributed by atoms with E-state index in [1.807, 2.05) is 19.0 Å². The van der Waals surface area contributed by atoms with Gasteiger partial charge in [-0.1, -0.05) is 25.3 Å². The molecule has 1 fully saturated rings. The van der Waals surface area contributed by atoms with Crippen molar-refractivity contribution in [2.75, 3.05) is 20.6 Å². The van der Waals surface area contributed by atoms with Crippen LogP contribution in [0.25, 0.3) is 0 Å². The largest absolute Gasteiger partial charge is 0.342 e. The number of carbonyl (C=O) groups excluding carboxylic acids is 1. The maximum Gasteiger partial charge on any atom is 0.236 e. The molecular weight excluding hydrogens is 268 g/mol. The van der Waals surface area contributed by atoms with E-state index in [0.717, 1.165) is 0 Å². The zero-order chi connectivity index (χ0) is 14.5. The van der Waals surface area contributed by atoms with Crippen molar-refractivity contribution in [2.45, 2.75) is 51.1 Å². The fraction of sp³-hybridized carbons (Fsp3) is 0.688. The monoisotopic (exact) mass is 294 g/mol. The summed E-state index contributed by atoms with van der Waals surface area (Å²) in [6, 6.07) is 4.97. The summed E-state index contributed by atoms with van der Waals surface area (Å²) >= 11 is 1.76. The van der Waals surface area contributed by atoms with Gasteiger partial charge in [0.15, 0.2) is 0 Å². The Kier molecular flexibility index (Phi) is 5.61. The third-order valence-corrected chi connectivity index (χ3v) is 5.56. The summed E-state index contributed by atoms with van der Waals surface area (Å²) in [6.07, 6.45) is 6.21. The van der Waals surface area contributed by atoms with E-state index in [4.69, 9.17) is 0 Å². The molecule has 112 valence electrons. The van der Waals surface area contributed by atoms with Crippen LogP contribution < -0.4 is 0 Å². The zero-order valence-electron chi connectivity index (χ0n) is 12.8. The molecule has 0 aromatic carbocycles. The first kappa shape index (κ1) is 15.5. The number of hydrogen-bond donors (Lipinski definition) is 0. The number of hydrogen-bond acceptors (Lipinski definition) is 3. The van der Waals surface area contributed by atoms with Gasteiger partial charge < -0.3 is 4.90 Å². The smallest absolute Gasteiger partial charge is 0.236 e. The molecule has 0 aliphatic heterocycles. The van der Waals surface area contributed by atoms with Crippen molar-refractivity contribution in [1.82, 2.24) is 9.80 Å². The Morgan fingerprint density at radius 2 is 2.05 bits per heavy atom. The normalized spacial score (nSPS) is 18.2. The van der Waals surface area contributed by atoms with E-state index in [1.165, 1.54) is 37.0 Å². The van der Waals surface area contributed by atoms with E-state index in [9.17, 15) is 4.79 Å². The number of carbonyl (C=O) groups is 1. The molecule has 0 bridgehead atoms. The quantitative estimate of drug-likeness (QED) is 0.829. The van der Waals surface area contributed by atoms with E-state index < -0.39 is 0 Å². The van der Waals surface area contributed by atoms with Crippen LogP contribution in [-0.2, 0) is 4.79 Å². The lowest BCUT2D eigenvalue weighted by atomic mass is 9.94. The molecule has 3 nitrogen and oxygen atoms in total. The highest BCUT2D eigenvalue weighted by Crippen LogP contribution is 2.24. The minimum absolute atomic E-state index is 0.253. The highest BCUT2D eigenvalue weighted by molar-refractivity contribution is 7.10. The number of amides is 1. The molecular formula is C16H26N2OS. The standard InChI is InChI=1S/C16H26N2OS/c1-13(15-10-7-11-20-15)17(2)12-16(19)18(3)14-8-5-4-6-9-14/h7,10-11,13-14H,4-6,8-9,12H2,1-3H3. The highest BCUT2D eigenvalue weighted by Gasteiger charge is 2.24. The van der Waals surface area contributed by atoms with Gasteiger partial charge in [-0.05, 0) is 38.3 Å². The van der Waals surface area contributed by atoms with Gasteiger partial charge in [-0.15, -0.1) is 11.3 Å². The Labute approximate surface area is 126 Å². The average Bonchev–Trinajstić information content (AvgIpc) is 3.00. The fourth-order valence-corrected chi connectivity index (χ4v) is 3.73. The highest BCUT2D eigenvalue weighted by atomic mass is 32.1. The van der Waals surface area contributed by atoms with Gasteiger partial charge in [0, 0.05) is 24.0 Å². The molecule has 1 unspecified atom stereocenters. The first-order valence-corrected chi connectivity index (χ1v) is 8.47. The van der Waals surface area contributed by atoms with Gasteiger partial charge in [0.05, 0.1) is 6.54 Å². The summed E-state index contributed by atoms with van der Waals surface area (Å²) in [5.74, 6) is 0.253. The molecule has 0 radical (unpaired) electrons. The lowest BCUT2D eigenvalue weighted by Gasteiger charge is -2.33. The van der Waals surface area contributed by atoms with Crippen LogP contribution in [0.1, 0.15) is 49.9 Å². The van der Waals surface area contributed by atoms with E-state index in [2.05, 4.69) is 29.3 Å². The first-order chi connectivity index (χ1) is 9.59. The number of rotatable bonds is 5. The zero-order valence-corrected chi connectivity index (χ0v) is 13.7. The van der Waals surface area contributed by atoms with Crippen molar-refractivity contribution in [2.24, 2.45) is 0 Å². The predicted octanol–water partition coefficient (Wildman–Crippen LogP) is 3.53. The van der Waals surface area contributed by atoms with Crippen molar-refractivity contribution in [3.63, 3.8) is 0 Å². The van der Waals surface area contributed by atoms with Crippen molar-refractivity contribution in [3.05, 3.63) is 22.4 Å². The maximum atomic E-state index is 12.4. The minimum Gasteiger partial charge on any atom is -0.342 e. The van der Waals surface area contributed by atoms with Crippen molar-refractivity contribution in [3.8, 4) is 0 Å². The molecule has 1 aromatic heterocycles. The second-order valence-electron chi connectivity index (χ2n) is 5.90. The fourth-order valence-electron chi connectivity index (χ4n) is 2.88. The van der Waals surface area contributed by atoms with Crippen LogP contribution >= 0.6 is 11.3 Å². The lowest BCUT2D eigenvalue weighted by molar-refractivity contribution is -0.133. The second-order valence-corrected chi connectivity index (χ2v) is 6.88. The summed E-state index contributed by atoms with van der Waals surface area (Å²) in [7, 11) is 4.01. The van der Waals surface area contributed by atoms with Gasteiger partial charge in [0.25, 0.3) is 0 Å². The van der Waals surface area contributed by atoms with Crippen molar-refractivity contribution >= 4 is 17.2 Å². The van der Waals surface area contributed by atoms with E-state index in [-0.39, 0.29) is 5.91 Å². The van der Waals surface area contributed by atoms with Crippen LogP contribution in [0.2, 0.25) is 0 Å². The van der Waals surface area contributed by atoms with Crippen LogP contribution in [0.5, 0.6) is 0 Å². The van der Waals surface area contributed by atoms with E-state index in [0.29, 0.717) is 18.6 Å². The van der Waals surface area contributed by atoms with Gasteiger partial charge in [0.2, 0.25) is 5.91 Å². The van der Waals surface area contributed by atoms with Gasteiger partial charge in [-0.2, -0.15) is 0 Å². The molecule has 1 aliphatic carbocycles. The van der Waals surface area contributed by atoms with E-state index in [1.54, 1.807) is 11.3 Å². The average molecular weight is 294 g/mol. The molecule has 0 saturated heterocycles. The SMILES string of the molecule is CC(c1cccs1)N(C)CC(=O)N(C)C1CCCCC1. The molecule has 2 rings (SSSR count). The predicted molar refractivity (Wildman–Crippen MR) is 85.0 cm³/mol. The molecule has 4 heteroatoms. The molecule has 1 aliphatic rings. The summed E-state index contributed by atoms with van der Waals surface area (Å²) in [5, 5.41) is 2.09. The molecule has 20 heavy (non-hydrogen) atoms. The van der Waals surface area contributed by atoms with Gasteiger partial charge in [-0.3, -0.25) is 9.69 Å². The molecule has 1 amide bonds. The number of likely N-dealkylation sites (N-methyl/N-ethyl adjacent to an activating group) is 2. The van der Waals surface area contributed by atoms with Crippen molar-refractivity contribution < 1.29 is 4.79 Å².